The highest BCUT2D eigenvalue weighted by Crippen LogP contribution is 2.34. The second kappa shape index (κ2) is 6.69. The average molecular weight is 349 g/mol. The third-order valence-corrected chi connectivity index (χ3v) is 4.15. The van der Waals surface area contributed by atoms with Gasteiger partial charge < -0.3 is 4.90 Å². The predicted octanol–water partition coefficient (Wildman–Crippen LogP) is 3.69. The molecule has 126 valence electrons. The van der Waals surface area contributed by atoms with Crippen LogP contribution in [0.4, 0.5) is 17.6 Å². The summed E-state index contributed by atoms with van der Waals surface area (Å²) < 4.78 is 52.1. The summed E-state index contributed by atoms with van der Waals surface area (Å²) >= 11 is 1.07. The number of hydrogen-bond donors (Lipinski definition) is 0. The second-order valence-electron chi connectivity index (χ2n) is 5.04. The van der Waals surface area contributed by atoms with Crippen molar-refractivity contribution in [1.82, 2.24) is 14.7 Å². The minimum Gasteiger partial charge on any atom is -0.344 e. The Kier molecular flexibility index (Phi) is 5.08. The first-order chi connectivity index (χ1) is 10.7. The molecular weight excluding hydrogens is 334 g/mol. The molecule has 0 saturated heterocycles. The van der Waals surface area contributed by atoms with Crippen LogP contribution in [0.15, 0.2) is 18.2 Å². The molecular formula is C14H15F4N3OS. The number of carbonyl (C=O) groups excluding carboxylic acids is 1. The highest BCUT2D eigenvalue weighted by Gasteiger charge is 2.36. The molecule has 0 aromatic carbocycles. The lowest BCUT2D eigenvalue weighted by molar-refractivity contribution is -0.144. The van der Waals surface area contributed by atoms with E-state index in [0.717, 1.165) is 22.1 Å². The van der Waals surface area contributed by atoms with Gasteiger partial charge in [0.15, 0.2) is 0 Å². The minimum atomic E-state index is -4.57. The Balaban J connectivity index is 2.36. The number of hydrogen-bond acceptors (Lipinski definition) is 3. The fourth-order valence-electron chi connectivity index (χ4n) is 1.96. The zero-order valence-electron chi connectivity index (χ0n) is 12.5. The molecule has 0 unspecified atom stereocenters. The number of thiophene rings is 1. The zero-order chi connectivity index (χ0) is 17.2. The van der Waals surface area contributed by atoms with E-state index in [1.807, 2.05) is 0 Å². The maximum atomic E-state index is 13.0. The summed E-state index contributed by atoms with van der Waals surface area (Å²) in [7, 11) is 3.18. The van der Waals surface area contributed by atoms with Gasteiger partial charge in [-0.2, -0.15) is 18.3 Å². The Morgan fingerprint density at radius 3 is 2.61 bits per heavy atom. The van der Waals surface area contributed by atoms with Gasteiger partial charge in [-0.15, -0.1) is 11.3 Å². The lowest BCUT2D eigenvalue weighted by atomic mass is 10.3. The Morgan fingerprint density at radius 1 is 1.35 bits per heavy atom. The van der Waals surface area contributed by atoms with Crippen molar-refractivity contribution in [1.29, 1.82) is 0 Å². The summed E-state index contributed by atoms with van der Waals surface area (Å²) in [5.41, 5.74) is -0.797. The summed E-state index contributed by atoms with van der Waals surface area (Å²) in [4.78, 5) is 14.1. The van der Waals surface area contributed by atoms with Crippen molar-refractivity contribution in [3.05, 3.63) is 28.8 Å². The molecule has 0 bridgehead atoms. The predicted molar refractivity (Wildman–Crippen MR) is 79.2 cm³/mol. The quantitative estimate of drug-likeness (QED) is 0.772. The molecule has 0 radical (unpaired) electrons. The molecule has 0 spiro atoms. The van der Waals surface area contributed by atoms with Crippen LogP contribution in [0.1, 0.15) is 21.8 Å². The molecule has 4 nitrogen and oxygen atoms in total. The van der Waals surface area contributed by atoms with Gasteiger partial charge in [0, 0.05) is 20.6 Å². The summed E-state index contributed by atoms with van der Waals surface area (Å²) in [6, 6.07) is 4.04. The molecule has 2 heterocycles. The van der Waals surface area contributed by atoms with Gasteiger partial charge >= 0.3 is 6.18 Å². The van der Waals surface area contributed by atoms with Gasteiger partial charge in [0.2, 0.25) is 0 Å². The minimum absolute atomic E-state index is 0.0427. The molecule has 0 saturated carbocycles. The lowest BCUT2D eigenvalue weighted by Crippen LogP contribution is -2.20. The van der Waals surface area contributed by atoms with E-state index in [9.17, 15) is 22.4 Å². The van der Waals surface area contributed by atoms with Gasteiger partial charge in [-0.1, -0.05) is 0 Å². The fourth-order valence-corrected chi connectivity index (χ4v) is 2.94. The number of amides is 1. The summed E-state index contributed by atoms with van der Waals surface area (Å²) in [5, 5.41) is 3.92. The van der Waals surface area contributed by atoms with Gasteiger partial charge in [0.05, 0.1) is 16.4 Å². The van der Waals surface area contributed by atoms with Crippen molar-refractivity contribution in [2.75, 3.05) is 20.8 Å². The second-order valence-corrected chi connectivity index (χ2v) is 6.13. The number of rotatable bonds is 5. The van der Waals surface area contributed by atoms with Crippen LogP contribution in [0.3, 0.4) is 0 Å². The number of halogens is 4. The standard InChI is InChI=1S/C14H15F4N3OS/c1-20(2)13(22)11-5-4-10(23-11)9-8-12(14(16,17)18)21(19-9)7-3-6-15/h4-5,8H,3,6-7H2,1-2H3. The largest absolute Gasteiger partial charge is 0.433 e. The van der Waals surface area contributed by atoms with E-state index in [4.69, 9.17) is 0 Å². The lowest BCUT2D eigenvalue weighted by Gasteiger charge is -2.08. The van der Waals surface area contributed by atoms with E-state index in [0.29, 0.717) is 9.75 Å². The van der Waals surface area contributed by atoms with Gasteiger partial charge in [0.1, 0.15) is 11.4 Å². The number of aryl methyl sites for hydroxylation is 1. The Bertz CT molecular complexity index is 690. The van der Waals surface area contributed by atoms with Crippen LogP contribution in [0.2, 0.25) is 0 Å². The maximum Gasteiger partial charge on any atom is 0.433 e. The van der Waals surface area contributed by atoms with Crippen LogP contribution in [-0.4, -0.2) is 41.4 Å². The molecule has 23 heavy (non-hydrogen) atoms. The number of nitrogens with zero attached hydrogens (tertiary/aromatic N) is 3. The highest BCUT2D eigenvalue weighted by atomic mass is 32.1. The highest BCUT2D eigenvalue weighted by molar-refractivity contribution is 7.17. The summed E-state index contributed by atoms with van der Waals surface area (Å²) in [6.45, 7) is -0.868. The van der Waals surface area contributed by atoms with Crippen molar-refractivity contribution in [2.24, 2.45) is 0 Å². The molecule has 2 aromatic heterocycles. The van der Waals surface area contributed by atoms with E-state index in [1.54, 1.807) is 26.2 Å². The Labute approximate surface area is 134 Å². The van der Waals surface area contributed by atoms with Crippen LogP contribution in [0.5, 0.6) is 0 Å². The topological polar surface area (TPSA) is 38.1 Å². The van der Waals surface area contributed by atoms with Crippen LogP contribution in [0, 0.1) is 0 Å². The molecule has 0 aliphatic carbocycles. The third-order valence-electron chi connectivity index (χ3n) is 3.05. The molecule has 0 atom stereocenters. The van der Waals surface area contributed by atoms with Gasteiger partial charge in [0.25, 0.3) is 5.91 Å². The van der Waals surface area contributed by atoms with Crippen molar-refractivity contribution in [3.63, 3.8) is 0 Å². The van der Waals surface area contributed by atoms with Crippen molar-refractivity contribution in [2.45, 2.75) is 19.1 Å². The maximum absolute atomic E-state index is 13.0. The first kappa shape index (κ1) is 17.5. The first-order valence-corrected chi connectivity index (χ1v) is 7.58. The van der Waals surface area contributed by atoms with Crippen LogP contribution in [0.25, 0.3) is 10.6 Å². The van der Waals surface area contributed by atoms with Crippen LogP contribution in [-0.2, 0) is 12.7 Å². The number of carbonyl (C=O) groups is 1. The van der Waals surface area contributed by atoms with E-state index in [1.165, 1.54) is 4.90 Å². The molecule has 0 N–H and O–H groups in total. The first-order valence-electron chi connectivity index (χ1n) is 6.77. The molecule has 1 amide bonds. The smallest absolute Gasteiger partial charge is 0.344 e. The molecule has 0 aliphatic rings. The third kappa shape index (κ3) is 3.90. The summed E-state index contributed by atoms with van der Waals surface area (Å²) in [6.07, 6.45) is -4.61. The van der Waals surface area contributed by atoms with E-state index >= 15 is 0 Å². The molecule has 2 rings (SSSR count). The SMILES string of the molecule is CN(C)C(=O)c1ccc(-c2cc(C(F)(F)F)n(CCCF)n2)s1. The van der Waals surface area contributed by atoms with E-state index in [2.05, 4.69) is 5.10 Å². The molecule has 9 heteroatoms. The summed E-state index contributed by atoms with van der Waals surface area (Å²) in [5.74, 6) is -0.228. The molecule has 0 fully saturated rings. The Morgan fingerprint density at radius 2 is 2.04 bits per heavy atom. The number of alkyl halides is 4. The van der Waals surface area contributed by atoms with Crippen molar-refractivity contribution >= 4 is 17.2 Å². The fraction of sp³-hybridized carbons (Fsp3) is 0.429. The van der Waals surface area contributed by atoms with E-state index < -0.39 is 18.5 Å². The van der Waals surface area contributed by atoms with Crippen LogP contribution >= 0.6 is 11.3 Å². The van der Waals surface area contributed by atoms with Crippen molar-refractivity contribution in [3.8, 4) is 10.6 Å². The molecule has 2 aromatic rings. The number of aromatic nitrogens is 2. The monoisotopic (exact) mass is 349 g/mol. The van der Waals surface area contributed by atoms with Crippen LogP contribution < -0.4 is 0 Å². The van der Waals surface area contributed by atoms with Gasteiger partial charge in [-0.05, 0) is 24.6 Å². The van der Waals surface area contributed by atoms with Gasteiger partial charge in [-0.3, -0.25) is 13.9 Å². The van der Waals surface area contributed by atoms with Gasteiger partial charge in [-0.25, -0.2) is 0 Å². The Hall–Kier alpha value is -1.90. The average Bonchev–Trinajstić information content (AvgIpc) is 3.10. The van der Waals surface area contributed by atoms with Crippen molar-refractivity contribution < 1.29 is 22.4 Å². The van der Waals surface area contributed by atoms with E-state index in [-0.39, 0.29) is 24.6 Å². The zero-order valence-corrected chi connectivity index (χ0v) is 13.3. The molecule has 0 aliphatic heterocycles. The normalized spacial score (nSPS) is 11.7.